The standard InChI is InChI=1S/C30H28F4N2O2/c1-17-3-12-25(31)24(13-17)22-9-8-21(18(2)14-22)15-19-4-10-23(11-5-19)36-26(16-27(37)38)28(20-6-7-20)29(35-36)30(32,33)34/h3-5,8-14,20,26,28H,6-7,15-16H2,1-2H3,(H,37,38). The molecular weight excluding hydrogens is 496 g/mol. The first-order chi connectivity index (χ1) is 18.0. The molecule has 1 heterocycles. The van der Waals surface area contributed by atoms with E-state index >= 15 is 0 Å². The third-order valence-electron chi connectivity index (χ3n) is 7.43. The van der Waals surface area contributed by atoms with Crippen LogP contribution in [0, 0.1) is 31.5 Å². The van der Waals surface area contributed by atoms with Crippen LogP contribution in [-0.2, 0) is 11.2 Å². The zero-order valence-electron chi connectivity index (χ0n) is 21.1. The van der Waals surface area contributed by atoms with E-state index in [9.17, 15) is 27.5 Å². The van der Waals surface area contributed by atoms with Crippen molar-refractivity contribution >= 4 is 17.4 Å². The van der Waals surface area contributed by atoms with E-state index < -0.39 is 36.2 Å². The smallest absolute Gasteiger partial charge is 0.431 e. The molecule has 0 aromatic heterocycles. The number of alkyl halides is 3. The van der Waals surface area contributed by atoms with Gasteiger partial charge in [0.1, 0.15) is 11.5 Å². The Bertz CT molecular complexity index is 1390. The molecular formula is C30H28F4N2O2. The van der Waals surface area contributed by atoms with E-state index in [-0.39, 0.29) is 11.7 Å². The molecule has 0 bridgehead atoms. The number of benzene rings is 3. The van der Waals surface area contributed by atoms with Crippen molar-refractivity contribution in [2.24, 2.45) is 16.9 Å². The van der Waals surface area contributed by atoms with E-state index in [4.69, 9.17) is 0 Å². The minimum absolute atomic E-state index is 0.191. The number of nitrogens with zero attached hydrogens (tertiary/aromatic N) is 2. The van der Waals surface area contributed by atoms with E-state index in [1.54, 1.807) is 18.2 Å². The Balaban J connectivity index is 1.38. The van der Waals surface area contributed by atoms with Crippen LogP contribution in [0.4, 0.5) is 23.2 Å². The van der Waals surface area contributed by atoms with Gasteiger partial charge in [-0.05, 0) is 85.5 Å². The topological polar surface area (TPSA) is 52.9 Å². The molecule has 8 heteroatoms. The molecule has 0 radical (unpaired) electrons. The number of rotatable bonds is 7. The highest BCUT2D eigenvalue weighted by Gasteiger charge is 2.55. The molecule has 1 saturated carbocycles. The van der Waals surface area contributed by atoms with Gasteiger partial charge in [-0.3, -0.25) is 9.80 Å². The average molecular weight is 525 g/mol. The first kappa shape index (κ1) is 25.9. The Hall–Kier alpha value is -3.68. The fraction of sp³-hybridized carbons (Fsp3) is 0.333. The van der Waals surface area contributed by atoms with Crippen molar-refractivity contribution in [3.05, 3.63) is 88.7 Å². The van der Waals surface area contributed by atoms with Crippen molar-refractivity contribution in [1.29, 1.82) is 0 Å². The number of aliphatic carboxylic acids is 1. The first-order valence-corrected chi connectivity index (χ1v) is 12.6. The Morgan fingerprint density at radius 3 is 2.34 bits per heavy atom. The Labute approximate surface area is 218 Å². The molecule has 2 aliphatic rings. The van der Waals surface area contributed by atoms with Gasteiger partial charge in [0.25, 0.3) is 0 Å². The van der Waals surface area contributed by atoms with Crippen LogP contribution in [0.1, 0.15) is 41.5 Å². The van der Waals surface area contributed by atoms with Crippen LogP contribution in [0.2, 0.25) is 0 Å². The number of hydrazone groups is 1. The largest absolute Gasteiger partial charge is 0.481 e. The third kappa shape index (κ3) is 5.30. The molecule has 0 saturated heterocycles. The van der Waals surface area contributed by atoms with Crippen LogP contribution in [0.5, 0.6) is 0 Å². The summed E-state index contributed by atoms with van der Waals surface area (Å²) in [7, 11) is 0. The lowest BCUT2D eigenvalue weighted by Crippen LogP contribution is -2.39. The molecule has 2 unspecified atom stereocenters. The molecule has 198 valence electrons. The highest BCUT2D eigenvalue weighted by Crippen LogP contribution is 2.48. The third-order valence-corrected chi connectivity index (χ3v) is 7.43. The number of carboxylic acid groups (broad SMARTS) is 1. The molecule has 38 heavy (non-hydrogen) atoms. The highest BCUT2D eigenvalue weighted by molar-refractivity contribution is 5.96. The quantitative estimate of drug-likeness (QED) is 0.330. The summed E-state index contributed by atoms with van der Waals surface area (Å²) in [5.41, 5.74) is 4.87. The van der Waals surface area contributed by atoms with Crippen LogP contribution in [-0.4, -0.2) is 29.0 Å². The summed E-state index contributed by atoms with van der Waals surface area (Å²) < 4.78 is 55.7. The summed E-state index contributed by atoms with van der Waals surface area (Å²) >= 11 is 0. The lowest BCUT2D eigenvalue weighted by atomic mass is 9.88. The predicted octanol–water partition coefficient (Wildman–Crippen LogP) is 7.31. The van der Waals surface area contributed by atoms with Gasteiger partial charge in [-0.1, -0.05) is 42.0 Å². The molecule has 4 nitrogen and oxygen atoms in total. The van der Waals surface area contributed by atoms with Gasteiger partial charge in [-0.2, -0.15) is 18.3 Å². The molecule has 3 aromatic carbocycles. The second-order valence-electron chi connectivity index (χ2n) is 10.3. The summed E-state index contributed by atoms with van der Waals surface area (Å²) in [6.45, 7) is 3.88. The van der Waals surface area contributed by atoms with E-state index in [0.717, 1.165) is 27.8 Å². The number of carbonyl (C=O) groups is 1. The van der Waals surface area contributed by atoms with Crippen LogP contribution >= 0.6 is 0 Å². The minimum atomic E-state index is -4.61. The Morgan fingerprint density at radius 1 is 1.03 bits per heavy atom. The lowest BCUT2D eigenvalue weighted by Gasteiger charge is -2.27. The molecule has 1 fully saturated rings. The maximum Gasteiger partial charge on any atom is 0.431 e. The van der Waals surface area contributed by atoms with Gasteiger partial charge < -0.3 is 5.11 Å². The fourth-order valence-electron chi connectivity index (χ4n) is 5.38. The Kier molecular flexibility index (Phi) is 6.75. The summed E-state index contributed by atoms with van der Waals surface area (Å²) in [4.78, 5) is 11.5. The fourth-order valence-corrected chi connectivity index (χ4v) is 5.38. The SMILES string of the molecule is Cc1ccc(F)c(-c2ccc(Cc3ccc(N4N=C(C(F)(F)F)C(C5CC5)C4CC(=O)O)cc3)c(C)c2)c1. The average Bonchev–Trinajstić information content (AvgIpc) is 3.62. The minimum Gasteiger partial charge on any atom is -0.481 e. The summed E-state index contributed by atoms with van der Waals surface area (Å²) in [6, 6.07) is 17.0. The van der Waals surface area contributed by atoms with Crippen molar-refractivity contribution in [2.75, 3.05) is 5.01 Å². The molecule has 0 amide bonds. The maximum absolute atomic E-state index is 14.4. The second-order valence-corrected chi connectivity index (χ2v) is 10.3. The first-order valence-electron chi connectivity index (χ1n) is 12.6. The molecule has 1 aliphatic carbocycles. The van der Waals surface area contributed by atoms with Crippen molar-refractivity contribution < 1.29 is 27.5 Å². The maximum atomic E-state index is 14.4. The van der Waals surface area contributed by atoms with E-state index in [1.165, 1.54) is 11.1 Å². The van der Waals surface area contributed by atoms with Crippen LogP contribution in [0.15, 0.2) is 65.8 Å². The van der Waals surface area contributed by atoms with Gasteiger partial charge in [0.05, 0.1) is 18.2 Å². The molecule has 2 atom stereocenters. The van der Waals surface area contributed by atoms with Crippen LogP contribution in [0.3, 0.4) is 0 Å². The normalized spacial score (nSPS) is 19.5. The Morgan fingerprint density at radius 2 is 1.74 bits per heavy atom. The molecule has 5 rings (SSSR count). The number of carboxylic acids is 1. The number of halogens is 4. The number of anilines is 1. The monoisotopic (exact) mass is 524 g/mol. The van der Waals surface area contributed by atoms with Gasteiger partial charge in [0, 0.05) is 11.5 Å². The number of hydrogen-bond acceptors (Lipinski definition) is 3. The van der Waals surface area contributed by atoms with Gasteiger partial charge in [-0.25, -0.2) is 4.39 Å². The van der Waals surface area contributed by atoms with Gasteiger partial charge in [0.2, 0.25) is 0 Å². The zero-order chi connectivity index (χ0) is 27.2. The van der Waals surface area contributed by atoms with E-state index in [0.29, 0.717) is 30.5 Å². The van der Waals surface area contributed by atoms with Crippen LogP contribution < -0.4 is 5.01 Å². The molecule has 1 N–H and O–H groups in total. The van der Waals surface area contributed by atoms with Crippen molar-refractivity contribution in [2.45, 2.75) is 51.7 Å². The highest BCUT2D eigenvalue weighted by atomic mass is 19.4. The molecule has 3 aromatic rings. The molecule has 0 spiro atoms. The number of aryl methyl sites for hydroxylation is 2. The second kappa shape index (κ2) is 9.89. The van der Waals surface area contributed by atoms with Gasteiger partial charge in [-0.15, -0.1) is 0 Å². The summed E-state index contributed by atoms with van der Waals surface area (Å²) in [5.74, 6) is -2.56. The van der Waals surface area contributed by atoms with Crippen molar-refractivity contribution in [3.8, 4) is 11.1 Å². The number of hydrogen-bond donors (Lipinski definition) is 1. The van der Waals surface area contributed by atoms with E-state index in [2.05, 4.69) is 5.10 Å². The lowest BCUT2D eigenvalue weighted by molar-refractivity contribution is -0.137. The predicted molar refractivity (Wildman–Crippen MR) is 139 cm³/mol. The zero-order valence-corrected chi connectivity index (χ0v) is 21.1. The van der Waals surface area contributed by atoms with E-state index in [1.807, 2.05) is 50.2 Å². The van der Waals surface area contributed by atoms with Gasteiger partial charge in [0.15, 0.2) is 0 Å². The summed E-state index contributed by atoms with van der Waals surface area (Å²) in [6.07, 6.45) is -3.14. The summed E-state index contributed by atoms with van der Waals surface area (Å²) in [5, 5.41) is 14.6. The van der Waals surface area contributed by atoms with Gasteiger partial charge >= 0.3 is 12.1 Å². The van der Waals surface area contributed by atoms with Crippen LogP contribution in [0.25, 0.3) is 11.1 Å². The van der Waals surface area contributed by atoms with Crippen molar-refractivity contribution in [3.63, 3.8) is 0 Å². The molecule has 1 aliphatic heterocycles. The van der Waals surface area contributed by atoms with Crippen molar-refractivity contribution in [1.82, 2.24) is 0 Å².